The fourth-order valence-corrected chi connectivity index (χ4v) is 3.78. The van der Waals surface area contributed by atoms with E-state index in [0.717, 1.165) is 0 Å². The summed E-state index contributed by atoms with van der Waals surface area (Å²) < 4.78 is 49.8. The van der Waals surface area contributed by atoms with Crippen molar-refractivity contribution < 1.29 is 32.2 Å². The first kappa shape index (κ1) is 13.5. The van der Waals surface area contributed by atoms with Crippen LogP contribution in [0.15, 0.2) is 12.2 Å². The van der Waals surface area contributed by atoms with Gasteiger partial charge in [0.05, 0.1) is 0 Å². The average Bonchev–Trinajstić information content (AvgIpc) is 2.89. The highest BCUT2D eigenvalue weighted by Gasteiger charge is 2.80. The number of esters is 2. The van der Waals surface area contributed by atoms with Crippen LogP contribution in [0.25, 0.3) is 0 Å². The van der Waals surface area contributed by atoms with Crippen molar-refractivity contribution in [2.45, 2.75) is 38.1 Å². The lowest BCUT2D eigenvalue weighted by Crippen LogP contribution is -2.48. The molecule has 3 rings (SSSR count). The molecule has 3 aliphatic rings. The van der Waals surface area contributed by atoms with Gasteiger partial charge in [0.2, 0.25) is 0 Å². The lowest BCUT2D eigenvalue weighted by atomic mass is 9.73. The minimum atomic E-state index is -4.62. The van der Waals surface area contributed by atoms with Gasteiger partial charge < -0.3 is 9.47 Å². The number of carbonyl (C=O) groups excluding carboxylic acids is 2. The van der Waals surface area contributed by atoms with Crippen molar-refractivity contribution in [3.05, 3.63) is 12.2 Å². The monoisotopic (exact) mass is 290 g/mol. The van der Waals surface area contributed by atoms with Gasteiger partial charge in [0.15, 0.2) is 5.41 Å². The maximum Gasteiger partial charge on any atom is 0.405 e. The first-order valence-corrected chi connectivity index (χ1v) is 6.33. The molecule has 3 fully saturated rings. The standard InChI is InChI=1S/C13H13F3O4/c1-5(2)10(17)19-8-6-3-7-9(8)20-11(18)12(7,4-6)13(14,15)16/h6-9H,1,3-4H2,2H3. The van der Waals surface area contributed by atoms with E-state index in [0.29, 0.717) is 0 Å². The van der Waals surface area contributed by atoms with Gasteiger partial charge in [0, 0.05) is 17.4 Å². The van der Waals surface area contributed by atoms with Gasteiger partial charge in [0.1, 0.15) is 12.2 Å². The van der Waals surface area contributed by atoms with Crippen molar-refractivity contribution in [3.8, 4) is 0 Å². The minimum absolute atomic E-state index is 0.166. The number of halogens is 3. The van der Waals surface area contributed by atoms with E-state index in [9.17, 15) is 22.8 Å². The van der Waals surface area contributed by atoms with Crippen LogP contribution < -0.4 is 0 Å². The maximum atomic E-state index is 13.2. The van der Waals surface area contributed by atoms with E-state index in [4.69, 9.17) is 9.47 Å². The number of alkyl halides is 3. The van der Waals surface area contributed by atoms with Crippen molar-refractivity contribution in [1.29, 1.82) is 0 Å². The van der Waals surface area contributed by atoms with Crippen molar-refractivity contribution in [2.24, 2.45) is 17.3 Å². The largest absolute Gasteiger partial charge is 0.457 e. The topological polar surface area (TPSA) is 52.6 Å². The van der Waals surface area contributed by atoms with E-state index < -0.39 is 47.6 Å². The van der Waals surface area contributed by atoms with E-state index in [-0.39, 0.29) is 18.4 Å². The van der Waals surface area contributed by atoms with Gasteiger partial charge >= 0.3 is 18.1 Å². The Morgan fingerprint density at radius 2 is 2.15 bits per heavy atom. The normalized spacial score (nSPS) is 41.7. The SMILES string of the molecule is C=C(C)C(=O)OC1C2CC3C1OC(=O)C3(C(F)(F)F)C2. The predicted octanol–water partition coefficient (Wildman–Crippen LogP) is 1.99. The zero-order chi connectivity index (χ0) is 14.9. The van der Waals surface area contributed by atoms with Gasteiger partial charge in [0.25, 0.3) is 0 Å². The molecule has 0 radical (unpaired) electrons. The molecule has 0 aromatic carbocycles. The Labute approximate surface area is 112 Å². The van der Waals surface area contributed by atoms with Gasteiger partial charge in [-0.1, -0.05) is 6.58 Å². The van der Waals surface area contributed by atoms with Crippen molar-refractivity contribution >= 4 is 11.9 Å². The van der Waals surface area contributed by atoms with Crippen LogP contribution in [0.5, 0.6) is 0 Å². The van der Waals surface area contributed by atoms with Crippen molar-refractivity contribution in [2.75, 3.05) is 0 Å². The Hall–Kier alpha value is -1.53. The Kier molecular flexibility index (Phi) is 2.53. The number of hydrogen-bond acceptors (Lipinski definition) is 4. The maximum absolute atomic E-state index is 13.2. The number of fused-ring (bicyclic) bond motifs is 1. The van der Waals surface area contributed by atoms with Gasteiger partial charge in [-0.05, 0) is 19.8 Å². The first-order chi connectivity index (χ1) is 9.18. The Morgan fingerprint density at radius 1 is 1.50 bits per heavy atom. The van der Waals surface area contributed by atoms with Crippen LogP contribution in [-0.2, 0) is 19.1 Å². The summed E-state index contributed by atoms with van der Waals surface area (Å²) in [6.45, 7) is 4.88. The van der Waals surface area contributed by atoms with Crippen LogP contribution >= 0.6 is 0 Å². The van der Waals surface area contributed by atoms with E-state index in [1.165, 1.54) is 6.92 Å². The Balaban J connectivity index is 1.88. The molecule has 1 heterocycles. The minimum Gasteiger partial charge on any atom is -0.457 e. The summed E-state index contributed by atoms with van der Waals surface area (Å²) >= 11 is 0. The zero-order valence-electron chi connectivity index (χ0n) is 10.7. The summed E-state index contributed by atoms with van der Waals surface area (Å²) in [7, 11) is 0. The lowest BCUT2D eigenvalue weighted by molar-refractivity contribution is -0.231. The molecule has 2 saturated carbocycles. The fraction of sp³-hybridized carbons (Fsp3) is 0.692. The summed E-state index contributed by atoms with van der Waals surface area (Å²) in [6, 6.07) is 0. The highest BCUT2D eigenvalue weighted by atomic mass is 19.4. The molecule has 0 amide bonds. The quantitative estimate of drug-likeness (QED) is 0.576. The summed E-state index contributed by atoms with van der Waals surface area (Å²) in [6.07, 6.45) is -6.55. The van der Waals surface area contributed by atoms with Crippen LogP contribution in [0.4, 0.5) is 13.2 Å². The van der Waals surface area contributed by atoms with Crippen LogP contribution in [0.2, 0.25) is 0 Å². The fourth-order valence-electron chi connectivity index (χ4n) is 3.78. The zero-order valence-corrected chi connectivity index (χ0v) is 10.7. The number of ether oxygens (including phenoxy) is 2. The second kappa shape index (κ2) is 3.77. The molecule has 2 bridgehead atoms. The van der Waals surface area contributed by atoms with E-state index in [1.54, 1.807) is 0 Å². The molecule has 0 N–H and O–H groups in total. The third-order valence-corrected chi connectivity index (χ3v) is 4.66. The summed E-state index contributed by atoms with van der Waals surface area (Å²) in [4.78, 5) is 23.3. The number of rotatable bonds is 2. The lowest BCUT2D eigenvalue weighted by Gasteiger charge is -2.33. The van der Waals surface area contributed by atoms with Crippen LogP contribution in [-0.4, -0.2) is 30.3 Å². The van der Waals surface area contributed by atoms with Crippen molar-refractivity contribution in [1.82, 2.24) is 0 Å². The van der Waals surface area contributed by atoms with Gasteiger partial charge in [-0.3, -0.25) is 4.79 Å². The molecule has 1 saturated heterocycles. The third-order valence-electron chi connectivity index (χ3n) is 4.66. The Bertz CT molecular complexity index is 512. The summed E-state index contributed by atoms with van der Waals surface area (Å²) in [5.74, 6) is -3.32. The molecule has 7 heteroatoms. The molecule has 0 aromatic rings. The summed E-state index contributed by atoms with van der Waals surface area (Å²) in [5.41, 5.74) is -2.23. The number of carbonyl (C=O) groups is 2. The molecule has 0 spiro atoms. The van der Waals surface area contributed by atoms with Crippen LogP contribution in [0, 0.1) is 17.3 Å². The van der Waals surface area contributed by atoms with E-state index in [1.807, 2.05) is 0 Å². The van der Waals surface area contributed by atoms with Crippen LogP contribution in [0.1, 0.15) is 19.8 Å². The van der Waals surface area contributed by atoms with Gasteiger partial charge in [-0.15, -0.1) is 0 Å². The molecule has 5 atom stereocenters. The second-order valence-corrected chi connectivity index (χ2v) is 5.80. The highest BCUT2D eigenvalue weighted by Crippen LogP contribution is 2.67. The molecule has 20 heavy (non-hydrogen) atoms. The molecular weight excluding hydrogens is 277 g/mol. The van der Waals surface area contributed by atoms with E-state index >= 15 is 0 Å². The second-order valence-electron chi connectivity index (χ2n) is 5.80. The molecule has 1 aliphatic heterocycles. The molecule has 4 nitrogen and oxygen atoms in total. The van der Waals surface area contributed by atoms with Gasteiger partial charge in [-0.25, -0.2) is 4.79 Å². The Morgan fingerprint density at radius 3 is 2.70 bits per heavy atom. The number of hydrogen-bond donors (Lipinski definition) is 0. The highest BCUT2D eigenvalue weighted by molar-refractivity contribution is 5.87. The molecule has 5 unspecified atom stereocenters. The van der Waals surface area contributed by atoms with Crippen molar-refractivity contribution in [3.63, 3.8) is 0 Å². The molecule has 2 aliphatic carbocycles. The summed E-state index contributed by atoms with van der Waals surface area (Å²) in [5, 5.41) is 0. The molecular formula is C13H13F3O4. The van der Waals surface area contributed by atoms with Gasteiger partial charge in [-0.2, -0.15) is 13.2 Å². The third kappa shape index (κ3) is 1.43. The average molecular weight is 290 g/mol. The van der Waals surface area contributed by atoms with E-state index in [2.05, 4.69) is 6.58 Å². The predicted molar refractivity (Wildman–Crippen MR) is 59.3 cm³/mol. The van der Waals surface area contributed by atoms with Crippen LogP contribution in [0.3, 0.4) is 0 Å². The molecule has 110 valence electrons. The molecule has 0 aromatic heterocycles. The first-order valence-electron chi connectivity index (χ1n) is 6.33. The smallest absolute Gasteiger partial charge is 0.405 e.